The second-order valence-corrected chi connectivity index (χ2v) is 5.39. The van der Waals surface area contributed by atoms with Crippen molar-refractivity contribution >= 4 is 5.97 Å². The maximum Gasteiger partial charge on any atom is 0.317 e. The summed E-state index contributed by atoms with van der Waals surface area (Å²) in [5, 5.41) is 8.77. The number of aliphatic carboxylic acids is 1. The maximum atomic E-state index is 13.2. The van der Waals surface area contributed by atoms with E-state index in [2.05, 4.69) is 11.8 Å². The van der Waals surface area contributed by atoms with Crippen LogP contribution in [0.4, 0.5) is 4.39 Å². The Morgan fingerprint density at radius 1 is 1.35 bits per heavy atom. The third kappa shape index (κ3) is 4.28. The zero-order valence-corrected chi connectivity index (χ0v) is 11.8. The lowest BCUT2D eigenvalue weighted by atomic mass is 10.1. The van der Waals surface area contributed by atoms with Crippen molar-refractivity contribution in [2.24, 2.45) is 0 Å². The molecule has 1 heterocycles. The van der Waals surface area contributed by atoms with Gasteiger partial charge in [-0.05, 0) is 31.0 Å². The van der Waals surface area contributed by atoms with Crippen molar-refractivity contribution in [1.82, 2.24) is 9.80 Å². The number of nitrogens with zero attached hydrogens (tertiary/aromatic N) is 2. The molecule has 1 atom stereocenters. The molecule has 0 amide bonds. The van der Waals surface area contributed by atoms with E-state index in [1.54, 1.807) is 12.1 Å². The van der Waals surface area contributed by atoms with E-state index in [4.69, 9.17) is 5.11 Å². The summed E-state index contributed by atoms with van der Waals surface area (Å²) in [5.41, 5.74) is 1.01. The summed E-state index contributed by atoms with van der Waals surface area (Å²) >= 11 is 0. The molecule has 1 aliphatic heterocycles. The SMILES string of the molecule is CC(Cc1cccc(F)c1)N1CCN(CC(=O)O)CC1. The summed E-state index contributed by atoms with van der Waals surface area (Å²) in [6.07, 6.45) is 0.816. The molecule has 1 aromatic carbocycles. The number of benzene rings is 1. The van der Waals surface area contributed by atoms with Crippen molar-refractivity contribution in [3.8, 4) is 0 Å². The standard InChI is InChI=1S/C15H21FN2O2/c1-12(9-13-3-2-4-14(16)10-13)18-7-5-17(6-8-18)11-15(19)20/h2-4,10,12H,5-9,11H2,1H3,(H,19,20). The first-order chi connectivity index (χ1) is 9.54. The van der Waals surface area contributed by atoms with Gasteiger partial charge in [-0.2, -0.15) is 0 Å². The largest absolute Gasteiger partial charge is 0.480 e. The summed E-state index contributed by atoms with van der Waals surface area (Å²) in [7, 11) is 0. The van der Waals surface area contributed by atoms with Crippen LogP contribution in [0, 0.1) is 5.82 Å². The molecule has 0 bridgehead atoms. The zero-order valence-electron chi connectivity index (χ0n) is 11.8. The van der Waals surface area contributed by atoms with Gasteiger partial charge < -0.3 is 5.11 Å². The average Bonchev–Trinajstić information content (AvgIpc) is 2.38. The Hall–Kier alpha value is -1.46. The Morgan fingerprint density at radius 2 is 2.05 bits per heavy atom. The van der Waals surface area contributed by atoms with Gasteiger partial charge in [-0.3, -0.25) is 14.6 Å². The number of rotatable bonds is 5. The third-order valence-corrected chi connectivity index (χ3v) is 3.81. The normalized spacial score (nSPS) is 18.9. The quantitative estimate of drug-likeness (QED) is 0.887. The predicted octanol–water partition coefficient (Wildman–Crippen LogP) is 1.46. The number of carboxylic acid groups (broad SMARTS) is 1. The number of hydrogen-bond donors (Lipinski definition) is 1. The highest BCUT2D eigenvalue weighted by Crippen LogP contribution is 2.12. The smallest absolute Gasteiger partial charge is 0.317 e. The van der Waals surface area contributed by atoms with E-state index in [9.17, 15) is 9.18 Å². The van der Waals surface area contributed by atoms with Crippen LogP contribution < -0.4 is 0 Å². The van der Waals surface area contributed by atoms with E-state index < -0.39 is 5.97 Å². The van der Waals surface area contributed by atoms with E-state index in [0.29, 0.717) is 6.04 Å². The van der Waals surface area contributed by atoms with Gasteiger partial charge in [0.05, 0.1) is 6.54 Å². The van der Waals surface area contributed by atoms with Crippen molar-refractivity contribution in [2.75, 3.05) is 32.7 Å². The molecule has 0 aromatic heterocycles. The molecule has 4 nitrogen and oxygen atoms in total. The van der Waals surface area contributed by atoms with E-state index in [1.165, 1.54) is 6.07 Å². The molecule has 1 saturated heterocycles. The van der Waals surface area contributed by atoms with Crippen LogP contribution in [0.3, 0.4) is 0 Å². The highest BCUT2D eigenvalue weighted by Gasteiger charge is 2.22. The monoisotopic (exact) mass is 280 g/mol. The van der Waals surface area contributed by atoms with Crippen LogP contribution >= 0.6 is 0 Å². The number of hydrogen-bond acceptors (Lipinski definition) is 3. The minimum atomic E-state index is -0.772. The van der Waals surface area contributed by atoms with Gasteiger partial charge in [0.25, 0.3) is 0 Å². The molecule has 1 unspecified atom stereocenters. The minimum absolute atomic E-state index is 0.117. The van der Waals surface area contributed by atoms with Crippen LogP contribution in [0.15, 0.2) is 24.3 Å². The van der Waals surface area contributed by atoms with Crippen molar-refractivity contribution in [3.63, 3.8) is 0 Å². The van der Waals surface area contributed by atoms with E-state index in [-0.39, 0.29) is 12.4 Å². The molecule has 0 spiro atoms. The molecule has 1 N–H and O–H groups in total. The van der Waals surface area contributed by atoms with Gasteiger partial charge in [-0.25, -0.2) is 4.39 Å². The fraction of sp³-hybridized carbons (Fsp3) is 0.533. The van der Waals surface area contributed by atoms with Crippen LogP contribution in [0.1, 0.15) is 12.5 Å². The van der Waals surface area contributed by atoms with E-state index >= 15 is 0 Å². The Labute approximate surface area is 118 Å². The van der Waals surface area contributed by atoms with Crippen LogP contribution in [0.5, 0.6) is 0 Å². The molecule has 1 aromatic rings. The zero-order chi connectivity index (χ0) is 14.5. The number of carbonyl (C=O) groups is 1. The second-order valence-electron chi connectivity index (χ2n) is 5.39. The van der Waals surface area contributed by atoms with Gasteiger partial charge in [0.1, 0.15) is 5.82 Å². The van der Waals surface area contributed by atoms with Gasteiger partial charge in [0.15, 0.2) is 0 Å². The van der Waals surface area contributed by atoms with Crippen molar-refractivity contribution in [1.29, 1.82) is 0 Å². The van der Waals surface area contributed by atoms with Gasteiger partial charge >= 0.3 is 5.97 Å². The van der Waals surface area contributed by atoms with E-state index in [1.807, 2.05) is 11.0 Å². The van der Waals surface area contributed by atoms with Crippen LogP contribution in [-0.2, 0) is 11.2 Å². The van der Waals surface area contributed by atoms with E-state index in [0.717, 1.165) is 38.2 Å². The lowest BCUT2D eigenvalue weighted by Gasteiger charge is -2.37. The molecule has 0 saturated carbocycles. The number of carboxylic acids is 1. The minimum Gasteiger partial charge on any atom is -0.480 e. The summed E-state index contributed by atoms with van der Waals surface area (Å²) in [4.78, 5) is 15.0. The molecule has 0 radical (unpaired) electrons. The summed E-state index contributed by atoms with van der Waals surface area (Å²) in [5.74, 6) is -0.966. The van der Waals surface area contributed by atoms with Crippen LogP contribution in [0.25, 0.3) is 0 Å². The van der Waals surface area contributed by atoms with Crippen molar-refractivity contribution < 1.29 is 14.3 Å². The molecular formula is C15H21FN2O2. The molecule has 5 heteroatoms. The fourth-order valence-electron chi connectivity index (χ4n) is 2.69. The van der Waals surface area contributed by atoms with Crippen molar-refractivity contribution in [2.45, 2.75) is 19.4 Å². The van der Waals surface area contributed by atoms with Crippen LogP contribution in [0.2, 0.25) is 0 Å². The van der Waals surface area contributed by atoms with Gasteiger partial charge in [-0.15, -0.1) is 0 Å². The van der Waals surface area contributed by atoms with Gasteiger partial charge in [0, 0.05) is 32.2 Å². The molecule has 0 aliphatic carbocycles. The first kappa shape index (κ1) is 14.9. The van der Waals surface area contributed by atoms with Crippen LogP contribution in [-0.4, -0.2) is 59.6 Å². The Bertz CT molecular complexity index is 459. The Morgan fingerprint density at radius 3 is 2.65 bits per heavy atom. The third-order valence-electron chi connectivity index (χ3n) is 3.81. The topological polar surface area (TPSA) is 43.8 Å². The first-order valence-corrected chi connectivity index (χ1v) is 6.97. The van der Waals surface area contributed by atoms with Crippen molar-refractivity contribution in [3.05, 3.63) is 35.6 Å². The lowest BCUT2D eigenvalue weighted by Crippen LogP contribution is -2.51. The molecule has 110 valence electrons. The molecular weight excluding hydrogens is 259 g/mol. The molecule has 1 fully saturated rings. The molecule has 1 aliphatic rings. The summed E-state index contributed by atoms with van der Waals surface area (Å²) < 4.78 is 13.2. The average molecular weight is 280 g/mol. The number of piperazine rings is 1. The maximum absolute atomic E-state index is 13.2. The summed E-state index contributed by atoms with van der Waals surface area (Å²) in [6, 6.07) is 7.06. The number of halogens is 1. The highest BCUT2D eigenvalue weighted by molar-refractivity contribution is 5.69. The predicted molar refractivity (Wildman–Crippen MR) is 75.2 cm³/mol. The van der Waals surface area contributed by atoms with Gasteiger partial charge in [0.2, 0.25) is 0 Å². The highest BCUT2D eigenvalue weighted by atomic mass is 19.1. The molecule has 20 heavy (non-hydrogen) atoms. The molecule has 2 rings (SSSR count). The van der Waals surface area contributed by atoms with Gasteiger partial charge in [-0.1, -0.05) is 12.1 Å². The Kier molecular flexibility index (Phi) is 5.09. The second kappa shape index (κ2) is 6.81. The fourth-order valence-corrected chi connectivity index (χ4v) is 2.69. The summed E-state index contributed by atoms with van der Waals surface area (Å²) in [6.45, 7) is 5.54. The Balaban J connectivity index is 1.82. The first-order valence-electron chi connectivity index (χ1n) is 6.97. The lowest BCUT2D eigenvalue weighted by molar-refractivity contribution is -0.138.